The average Bonchev–Trinajstić information content (AvgIpc) is 2.39. The summed E-state index contributed by atoms with van der Waals surface area (Å²) in [6.07, 6.45) is 4.13. The van der Waals surface area contributed by atoms with Crippen LogP contribution in [0.3, 0.4) is 0 Å². The molecule has 4 aliphatic rings. The summed E-state index contributed by atoms with van der Waals surface area (Å²) >= 11 is 0. The van der Waals surface area contributed by atoms with Gasteiger partial charge in [0.1, 0.15) is 11.4 Å². The van der Waals surface area contributed by atoms with Gasteiger partial charge in [-0.05, 0) is 50.5 Å². The van der Waals surface area contributed by atoms with Crippen LogP contribution in [0.4, 0.5) is 0 Å². The normalized spacial score (nSPS) is 55.5. The Morgan fingerprint density at radius 2 is 2.10 bits per heavy atom. The van der Waals surface area contributed by atoms with Crippen molar-refractivity contribution in [2.24, 2.45) is 17.8 Å². The zero-order valence-corrected chi connectivity index (χ0v) is 12.2. The van der Waals surface area contributed by atoms with E-state index in [1.165, 1.54) is 0 Å². The molecule has 0 aromatic carbocycles. The summed E-state index contributed by atoms with van der Waals surface area (Å²) in [6, 6.07) is 0. The Labute approximate surface area is 120 Å². The standard InChI is InChI=1S/C16H25NO3/c1-10-7-11-8-13(18)12-3-2-5-17-6-4-14(19)16(11,20)15(12,17)9-10/h10-12,14,19-20H,2-9H2,1H3/t10-,11?,12?,14-,15?,16+/m1/s1. The summed E-state index contributed by atoms with van der Waals surface area (Å²) in [5, 5.41) is 22.1. The van der Waals surface area contributed by atoms with Gasteiger partial charge in [-0.15, -0.1) is 0 Å². The van der Waals surface area contributed by atoms with Crippen LogP contribution in [-0.4, -0.2) is 51.2 Å². The quantitative estimate of drug-likeness (QED) is 0.693. The second-order valence-corrected chi connectivity index (χ2v) is 7.65. The number of Topliss-reactive ketones (excluding diaryl/α,β-unsaturated/α-hetero) is 1. The zero-order chi connectivity index (χ0) is 14.1. The number of hydrogen-bond acceptors (Lipinski definition) is 4. The fraction of sp³-hybridized carbons (Fsp3) is 0.938. The van der Waals surface area contributed by atoms with Gasteiger partial charge in [0.05, 0.1) is 11.6 Å². The molecule has 2 saturated heterocycles. The molecule has 4 fully saturated rings. The van der Waals surface area contributed by atoms with E-state index in [0.29, 0.717) is 24.5 Å². The molecule has 20 heavy (non-hydrogen) atoms. The Balaban J connectivity index is 1.91. The highest BCUT2D eigenvalue weighted by atomic mass is 16.3. The van der Waals surface area contributed by atoms with Crippen LogP contribution >= 0.6 is 0 Å². The molecular formula is C16H25NO3. The molecule has 4 heteroatoms. The Kier molecular flexibility index (Phi) is 2.68. The van der Waals surface area contributed by atoms with Crippen LogP contribution in [0.1, 0.15) is 45.4 Å². The number of aliphatic hydroxyl groups is 2. The van der Waals surface area contributed by atoms with E-state index in [9.17, 15) is 15.0 Å². The van der Waals surface area contributed by atoms with Crippen molar-refractivity contribution in [1.82, 2.24) is 4.90 Å². The van der Waals surface area contributed by atoms with Gasteiger partial charge in [-0.1, -0.05) is 6.92 Å². The summed E-state index contributed by atoms with van der Waals surface area (Å²) in [4.78, 5) is 15.0. The number of hydrogen-bond donors (Lipinski definition) is 2. The van der Waals surface area contributed by atoms with Crippen LogP contribution < -0.4 is 0 Å². The second-order valence-electron chi connectivity index (χ2n) is 7.65. The maximum Gasteiger partial charge on any atom is 0.138 e. The molecule has 1 spiro atoms. The minimum Gasteiger partial charge on any atom is -0.390 e. The number of nitrogens with zero attached hydrogens (tertiary/aromatic N) is 1. The van der Waals surface area contributed by atoms with E-state index in [1.54, 1.807) is 0 Å². The number of piperidine rings is 2. The van der Waals surface area contributed by atoms with Gasteiger partial charge < -0.3 is 10.2 Å². The largest absolute Gasteiger partial charge is 0.390 e. The topological polar surface area (TPSA) is 60.8 Å². The maximum atomic E-state index is 12.6. The van der Waals surface area contributed by atoms with Crippen LogP contribution in [0.25, 0.3) is 0 Å². The lowest BCUT2D eigenvalue weighted by molar-refractivity contribution is -0.285. The molecule has 112 valence electrons. The molecule has 0 aromatic heterocycles. The van der Waals surface area contributed by atoms with Crippen LogP contribution in [0.5, 0.6) is 0 Å². The Bertz CT molecular complexity index is 453. The highest BCUT2D eigenvalue weighted by Crippen LogP contribution is 2.61. The van der Waals surface area contributed by atoms with Gasteiger partial charge >= 0.3 is 0 Å². The highest BCUT2D eigenvalue weighted by molar-refractivity contribution is 5.85. The number of carbonyl (C=O) groups excluding carboxylic acids is 1. The van der Waals surface area contributed by atoms with Crippen LogP contribution in [0.2, 0.25) is 0 Å². The average molecular weight is 279 g/mol. The molecule has 4 nitrogen and oxygen atoms in total. The maximum absolute atomic E-state index is 12.6. The number of rotatable bonds is 0. The van der Waals surface area contributed by atoms with E-state index in [0.717, 1.165) is 38.8 Å². The van der Waals surface area contributed by atoms with E-state index in [-0.39, 0.29) is 11.8 Å². The van der Waals surface area contributed by atoms with Gasteiger partial charge in [-0.2, -0.15) is 0 Å². The lowest BCUT2D eigenvalue weighted by Gasteiger charge is -2.70. The molecule has 2 saturated carbocycles. The molecule has 2 heterocycles. The third kappa shape index (κ3) is 1.31. The molecule has 2 bridgehead atoms. The number of ketones is 1. The first-order valence-corrected chi connectivity index (χ1v) is 8.18. The summed E-state index contributed by atoms with van der Waals surface area (Å²) in [5.41, 5.74) is -1.53. The van der Waals surface area contributed by atoms with E-state index in [4.69, 9.17) is 0 Å². The van der Waals surface area contributed by atoms with Gasteiger partial charge in [-0.3, -0.25) is 9.69 Å². The SMILES string of the molecule is C[C@@H]1CC2CC(=O)C3CCCN4CC[C@@H](O)[C@]2(O)C34C1. The molecule has 0 amide bonds. The first-order valence-electron chi connectivity index (χ1n) is 8.18. The van der Waals surface area contributed by atoms with E-state index in [1.807, 2.05) is 0 Å². The molecule has 3 unspecified atom stereocenters. The van der Waals surface area contributed by atoms with Crippen molar-refractivity contribution in [1.29, 1.82) is 0 Å². The van der Waals surface area contributed by atoms with Crippen LogP contribution in [-0.2, 0) is 4.79 Å². The third-order valence-electron chi connectivity index (χ3n) is 6.74. The summed E-state index contributed by atoms with van der Waals surface area (Å²) < 4.78 is 0. The van der Waals surface area contributed by atoms with Crippen molar-refractivity contribution >= 4 is 5.78 Å². The predicted octanol–water partition coefficient (Wildman–Crippen LogP) is 0.952. The molecule has 6 atom stereocenters. The molecule has 4 rings (SSSR count). The van der Waals surface area contributed by atoms with Crippen LogP contribution in [0, 0.1) is 17.8 Å². The lowest BCUT2D eigenvalue weighted by atomic mass is 9.45. The molecule has 2 aliphatic heterocycles. The fourth-order valence-electron chi connectivity index (χ4n) is 6.17. The minimum atomic E-state index is -1.06. The summed E-state index contributed by atoms with van der Waals surface area (Å²) in [7, 11) is 0. The van der Waals surface area contributed by atoms with Gasteiger partial charge in [0.15, 0.2) is 0 Å². The van der Waals surface area contributed by atoms with Gasteiger partial charge in [0.2, 0.25) is 0 Å². The number of aliphatic hydroxyl groups excluding tert-OH is 1. The van der Waals surface area contributed by atoms with E-state index in [2.05, 4.69) is 11.8 Å². The minimum absolute atomic E-state index is 0.0501. The van der Waals surface area contributed by atoms with E-state index >= 15 is 0 Å². The van der Waals surface area contributed by atoms with Gasteiger partial charge in [0.25, 0.3) is 0 Å². The van der Waals surface area contributed by atoms with Gasteiger partial charge in [0, 0.05) is 18.9 Å². The predicted molar refractivity (Wildman–Crippen MR) is 74.1 cm³/mol. The Morgan fingerprint density at radius 1 is 1.30 bits per heavy atom. The van der Waals surface area contributed by atoms with E-state index < -0.39 is 17.2 Å². The van der Waals surface area contributed by atoms with Crippen molar-refractivity contribution in [3.05, 3.63) is 0 Å². The summed E-state index contributed by atoms with van der Waals surface area (Å²) in [6.45, 7) is 4.03. The van der Waals surface area contributed by atoms with Gasteiger partial charge in [-0.25, -0.2) is 0 Å². The first kappa shape index (κ1) is 13.2. The van der Waals surface area contributed by atoms with Crippen molar-refractivity contribution in [2.45, 2.75) is 62.7 Å². The summed E-state index contributed by atoms with van der Waals surface area (Å²) in [5.74, 6) is 0.758. The highest BCUT2D eigenvalue weighted by Gasteiger charge is 2.72. The fourth-order valence-corrected chi connectivity index (χ4v) is 6.17. The molecule has 2 aliphatic carbocycles. The Hall–Kier alpha value is -0.450. The van der Waals surface area contributed by atoms with Crippen molar-refractivity contribution < 1.29 is 15.0 Å². The van der Waals surface area contributed by atoms with Crippen LogP contribution in [0.15, 0.2) is 0 Å². The van der Waals surface area contributed by atoms with Crippen molar-refractivity contribution in [3.8, 4) is 0 Å². The molecule has 0 aromatic rings. The smallest absolute Gasteiger partial charge is 0.138 e. The molecule has 2 N–H and O–H groups in total. The zero-order valence-electron chi connectivity index (χ0n) is 12.2. The second kappa shape index (κ2) is 4.05. The first-order chi connectivity index (χ1) is 9.50. The monoisotopic (exact) mass is 279 g/mol. The third-order valence-corrected chi connectivity index (χ3v) is 6.74. The number of carbonyl (C=O) groups is 1. The van der Waals surface area contributed by atoms with Crippen molar-refractivity contribution in [3.63, 3.8) is 0 Å². The Morgan fingerprint density at radius 3 is 2.90 bits per heavy atom. The van der Waals surface area contributed by atoms with Crippen molar-refractivity contribution in [2.75, 3.05) is 13.1 Å². The molecular weight excluding hydrogens is 254 g/mol. The lowest BCUT2D eigenvalue weighted by Crippen LogP contribution is -2.83. The molecule has 0 radical (unpaired) electrons.